The minimum Gasteiger partial charge on any atom is -0.356 e. The molecular formula is C14H27NO2S. The number of carbonyl (C=O) groups excluding carboxylic acids is 1. The van der Waals surface area contributed by atoms with E-state index in [0.717, 1.165) is 6.42 Å². The zero-order valence-electron chi connectivity index (χ0n) is 12.0. The minimum atomic E-state index is -0.791. The lowest BCUT2D eigenvalue weighted by atomic mass is 9.73. The molecule has 0 heterocycles. The van der Waals surface area contributed by atoms with Crippen molar-refractivity contribution in [2.45, 2.75) is 64.0 Å². The fourth-order valence-electron chi connectivity index (χ4n) is 2.61. The highest BCUT2D eigenvalue weighted by Crippen LogP contribution is 2.38. The summed E-state index contributed by atoms with van der Waals surface area (Å²) in [4.78, 5) is 11.9. The van der Waals surface area contributed by atoms with Gasteiger partial charge in [0, 0.05) is 35.3 Å². The molecular weight excluding hydrogens is 246 g/mol. The average molecular weight is 273 g/mol. The second kappa shape index (κ2) is 7.27. The average Bonchev–Trinajstić information content (AvgIpc) is 2.28. The molecule has 2 atom stereocenters. The quantitative estimate of drug-likeness (QED) is 0.808. The Labute approximate surface area is 114 Å². The van der Waals surface area contributed by atoms with E-state index < -0.39 is 10.8 Å². The van der Waals surface area contributed by atoms with Gasteiger partial charge < -0.3 is 5.32 Å². The van der Waals surface area contributed by atoms with Crippen molar-refractivity contribution in [1.82, 2.24) is 5.32 Å². The molecule has 1 N–H and O–H groups in total. The Morgan fingerprint density at radius 3 is 2.50 bits per heavy atom. The number of hydrogen-bond acceptors (Lipinski definition) is 2. The van der Waals surface area contributed by atoms with Crippen molar-refractivity contribution in [3.8, 4) is 0 Å². The van der Waals surface area contributed by atoms with Gasteiger partial charge in [0.15, 0.2) is 0 Å². The van der Waals surface area contributed by atoms with Crippen molar-refractivity contribution in [3.63, 3.8) is 0 Å². The topological polar surface area (TPSA) is 46.2 Å². The van der Waals surface area contributed by atoms with E-state index in [1.165, 1.54) is 32.1 Å². The Morgan fingerprint density at radius 1 is 1.33 bits per heavy atom. The molecule has 3 nitrogen and oxygen atoms in total. The smallest absolute Gasteiger partial charge is 0.220 e. The summed E-state index contributed by atoms with van der Waals surface area (Å²) in [7, 11) is -0.791. The molecule has 0 unspecified atom stereocenters. The SMILES string of the molecule is C[C@H](CCNC(=O)CC1(C)CCCCC1)[S@@](C)=O. The van der Waals surface area contributed by atoms with Crippen LogP contribution in [-0.4, -0.2) is 28.2 Å². The first-order valence-corrected chi connectivity index (χ1v) is 8.64. The maximum absolute atomic E-state index is 11.9. The van der Waals surface area contributed by atoms with Crippen LogP contribution in [0.2, 0.25) is 0 Å². The van der Waals surface area contributed by atoms with Crippen LogP contribution in [0.4, 0.5) is 0 Å². The molecule has 1 fully saturated rings. The lowest BCUT2D eigenvalue weighted by Gasteiger charge is -2.32. The number of rotatable bonds is 6. The molecule has 1 aliphatic rings. The van der Waals surface area contributed by atoms with Gasteiger partial charge in [-0.2, -0.15) is 0 Å². The van der Waals surface area contributed by atoms with Gasteiger partial charge in [-0.3, -0.25) is 9.00 Å². The second-order valence-electron chi connectivity index (χ2n) is 6.00. The summed E-state index contributed by atoms with van der Waals surface area (Å²) in [6.45, 7) is 4.84. The molecule has 0 aromatic carbocycles. The molecule has 0 radical (unpaired) electrons. The summed E-state index contributed by atoms with van der Waals surface area (Å²) in [5, 5.41) is 3.13. The maximum Gasteiger partial charge on any atom is 0.220 e. The van der Waals surface area contributed by atoms with Crippen molar-refractivity contribution < 1.29 is 9.00 Å². The Kier molecular flexibility index (Phi) is 6.33. The molecule has 106 valence electrons. The summed E-state index contributed by atoms with van der Waals surface area (Å²) in [6, 6.07) is 0. The molecule has 0 aromatic heterocycles. The summed E-state index contributed by atoms with van der Waals surface area (Å²) >= 11 is 0. The number of amides is 1. The highest BCUT2D eigenvalue weighted by atomic mass is 32.2. The highest BCUT2D eigenvalue weighted by Gasteiger charge is 2.29. The number of nitrogens with one attached hydrogen (secondary N) is 1. The fourth-order valence-corrected chi connectivity index (χ4v) is 3.06. The molecule has 0 bridgehead atoms. The van der Waals surface area contributed by atoms with E-state index in [9.17, 15) is 9.00 Å². The van der Waals surface area contributed by atoms with Crippen LogP contribution in [0.3, 0.4) is 0 Å². The predicted molar refractivity (Wildman–Crippen MR) is 77.0 cm³/mol. The number of carbonyl (C=O) groups is 1. The molecule has 0 saturated heterocycles. The minimum absolute atomic E-state index is 0.161. The zero-order valence-corrected chi connectivity index (χ0v) is 12.8. The van der Waals surface area contributed by atoms with E-state index in [4.69, 9.17) is 0 Å². The van der Waals surface area contributed by atoms with Gasteiger partial charge in [-0.1, -0.05) is 33.1 Å². The van der Waals surface area contributed by atoms with Gasteiger partial charge >= 0.3 is 0 Å². The van der Waals surface area contributed by atoms with Gasteiger partial charge in [-0.25, -0.2) is 0 Å². The maximum atomic E-state index is 11.9. The van der Waals surface area contributed by atoms with Gasteiger partial charge in [0.1, 0.15) is 0 Å². The van der Waals surface area contributed by atoms with Crippen LogP contribution in [0.25, 0.3) is 0 Å². The van der Waals surface area contributed by atoms with E-state index in [2.05, 4.69) is 12.2 Å². The van der Waals surface area contributed by atoms with E-state index in [-0.39, 0.29) is 16.6 Å². The lowest BCUT2D eigenvalue weighted by molar-refractivity contribution is -0.123. The van der Waals surface area contributed by atoms with Crippen LogP contribution < -0.4 is 5.32 Å². The third-order valence-corrected chi connectivity index (χ3v) is 5.46. The van der Waals surface area contributed by atoms with Crippen LogP contribution in [0, 0.1) is 5.41 Å². The van der Waals surface area contributed by atoms with E-state index >= 15 is 0 Å². The third-order valence-electron chi connectivity index (χ3n) is 4.09. The van der Waals surface area contributed by atoms with Crippen LogP contribution in [0.1, 0.15) is 58.8 Å². The summed E-state index contributed by atoms with van der Waals surface area (Å²) < 4.78 is 11.2. The van der Waals surface area contributed by atoms with Crippen molar-refractivity contribution in [2.24, 2.45) is 5.41 Å². The molecule has 0 aliphatic heterocycles. The van der Waals surface area contributed by atoms with Crippen molar-refractivity contribution in [2.75, 3.05) is 12.8 Å². The Hall–Kier alpha value is -0.380. The van der Waals surface area contributed by atoms with Gasteiger partial charge in [-0.15, -0.1) is 0 Å². The molecule has 4 heteroatoms. The monoisotopic (exact) mass is 273 g/mol. The van der Waals surface area contributed by atoms with Gasteiger partial charge in [-0.05, 0) is 24.7 Å². The molecule has 1 saturated carbocycles. The third kappa shape index (κ3) is 5.51. The Morgan fingerprint density at radius 2 is 1.94 bits per heavy atom. The van der Waals surface area contributed by atoms with Crippen molar-refractivity contribution in [3.05, 3.63) is 0 Å². The first-order chi connectivity index (χ1) is 8.43. The van der Waals surface area contributed by atoms with Crippen LogP contribution in [0.15, 0.2) is 0 Å². The molecule has 1 rings (SSSR count). The van der Waals surface area contributed by atoms with E-state index in [0.29, 0.717) is 13.0 Å². The van der Waals surface area contributed by atoms with Gasteiger partial charge in [0.05, 0.1) is 0 Å². The van der Waals surface area contributed by atoms with E-state index in [1.54, 1.807) is 6.26 Å². The molecule has 0 spiro atoms. The van der Waals surface area contributed by atoms with Crippen LogP contribution in [-0.2, 0) is 15.6 Å². The van der Waals surface area contributed by atoms with Gasteiger partial charge in [0.25, 0.3) is 0 Å². The van der Waals surface area contributed by atoms with Crippen LogP contribution in [0.5, 0.6) is 0 Å². The first kappa shape index (κ1) is 15.7. The Bertz CT molecular complexity index is 298. The predicted octanol–water partition coefficient (Wildman–Crippen LogP) is 2.62. The van der Waals surface area contributed by atoms with Crippen molar-refractivity contribution >= 4 is 16.7 Å². The zero-order chi connectivity index (χ0) is 13.6. The van der Waals surface area contributed by atoms with E-state index in [1.807, 2.05) is 6.92 Å². The standard InChI is InChI=1S/C14H27NO2S/c1-12(18(3)17)7-10-15-13(16)11-14(2)8-5-4-6-9-14/h12H,4-11H2,1-3H3,(H,15,16)/t12-,18-/m1/s1. The molecule has 1 amide bonds. The first-order valence-electron chi connectivity index (χ1n) is 7.02. The second-order valence-corrected chi connectivity index (χ2v) is 7.80. The van der Waals surface area contributed by atoms with Crippen molar-refractivity contribution in [1.29, 1.82) is 0 Å². The van der Waals surface area contributed by atoms with Crippen LogP contribution >= 0.6 is 0 Å². The Balaban J connectivity index is 2.22. The normalized spacial score (nSPS) is 22.2. The molecule has 0 aromatic rings. The summed E-state index contributed by atoms with van der Waals surface area (Å²) in [5.74, 6) is 0.161. The van der Waals surface area contributed by atoms with Gasteiger partial charge in [0.2, 0.25) is 5.91 Å². The molecule has 18 heavy (non-hydrogen) atoms. The lowest BCUT2D eigenvalue weighted by Crippen LogP contribution is -2.33. The molecule has 1 aliphatic carbocycles. The summed E-state index contributed by atoms with van der Waals surface area (Å²) in [6.07, 6.45) is 9.35. The fraction of sp³-hybridized carbons (Fsp3) is 0.929. The highest BCUT2D eigenvalue weighted by molar-refractivity contribution is 7.84. The number of hydrogen-bond donors (Lipinski definition) is 1. The largest absolute Gasteiger partial charge is 0.356 e. The summed E-state index contributed by atoms with van der Waals surface area (Å²) in [5.41, 5.74) is 0.210.